The molecule has 4 heteroatoms. The van der Waals surface area contributed by atoms with Crippen LogP contribution in [0.1, 0.15) is 18.9 Å². The highest BCUT2D eigenvalue weighted by atomic mass is 79.9. The molecule has 2 rings (SSSR count). The Morgan fingerprint density at radius 1 is 1.45 bits per heavy atom. The number of anilines is 1. The van der Waals surface area contributed by atoms with Crippen LogP contribution in [0.3, 0.4) is 0 Å². The molecule has 1 atom stereocenters. The second kappa shape index (κ2) is 7.43. The largest absolute Gasteiger partial charge is 0.374 e. The topological polar surface area (TPSA) is 18.5 Å². The molecule has 1 heterocycles. The summed E-state index contributed by atoms with van der Waals surface area (Å²) in [6.07, 6.45) is 1.32. The number of nitrogens with one attached hydrogen (secondary N) is 1. The summed E-state index contributed by atoms with van der Waals surface area (Å²) in [5, 5.41) is 3.43. The molecule has 1 aliphatic heterocycles. The lowest BCUT2D eigenvalue weighted by Gasteiger charge is -2.26. The minimum Gasteiger partial charge on any atom is -0.374 e. The molecule has 1 aromatic rings. The van der Waals surface area contributed by atoms with Gasteiger partial charge in [0.15, 0.2) is 0 Å². The van der Waals surface area contributed by atoms with E-state index < -0.39 is 0 Å². The standard InChI is InChI=1S/C16H26BrN3/c1-4-18-10-14-5-6-15(17)9-16(14)20(3)12-13-7-8-19(2)11-13/h5-6,9,13,18H,4,7-8,10-12H2,1-3H3. The Morgan fingerprint density at radius 3 is 2.90 bits per heavy atom. The van der Waals surface area contributed by atoms with Gasteiger partial charge in [0.25, 0.3) is 0 Å². The Hall–Kier alpha value is -0.580. The first-order valence-electron chi connectivity index (χ1n) is 7.49. The van der Waals surface area contributed by atoms with Crippen molar-refractivity contribution in [3.63, 3.8) is 0 Å². The van der Waals surface area contributed by atoms with Gasteiger partial charge in [-0.05, 0) is 50.2 Å². The minimum atomic E-state index is 0.788. The molecule has 3 nitrogen and oxygen atoms in total. The number of hydrogen-bond acceptors (Lipinski definition) is 3. The lowest BCUT2D eigenvalue weighted by atomic mass is 10.1. The Kier molecular flexibility index (Phi) is 5.87. The first-order chi connectivity index (χ1) is 9.60. The normalized spacial score (nSPS) is 19.5. The van der Waals surface area contributed by atoms with Gasteiger partial charge in [-0.1, -0.05) is 28.9 Å². The van der Waals surface area contributed by atoms with Crippen LogP contribution in [0.5, 0.6) is 0 Å². The number of nitrogens with zero attached hydrogens (tertiary/aromatic N) is 2. The number of likely N-dealkylation sites (tertiary alicyclic amines) is 1. The van der Waals surface area contributed by atoms with Crippen molar-refractivity contribution in [1.29, 1.82) is 0 Å². The zero-order valence-electron chi connectivity index (χ0n) is 12.8. The highest BCUT2D eigenvalue weighted by Crippen LogP contribution is 2.26. The predicted molar refractivity (Wildman–Crippen MR) is 90.4 cm³/mol. The molecule has 0 spiro atoms. The van der Waals surface area contributed by atoms with Gasteiger partial charge in [0, 0.05) is 36.8 Å². The van der Waals surface area contributed by atoms with Gasteiger partial charge in [0.05, 0.1) is 0 Å². The van der Waals surface area contributed by atoms with Gasteiger partial charge in [-0.2, -0.15) is 0 Å². The Balaban J connectivity index is 2.06. The SMILES string of the molecule is CCNCc1ccc(Br)cc1N(C)CC1CCN(C)C1. The third kappa shape index (κ3) is 4.21. The summed E-state index contributed by atoms with van der Waals surface area (Å²) >= 11 is 3.60. The van der Waals surface area contributed by atoms with Crippen molar-refractivity contribution in [2.45, 2.75) is 19.9 Å². The Labute approximate surface area is 131 Å². The van der Waals surface area contributed by atoms with Crippen LogP contribution in [-0.2, 0) is 6.54 Å². The van der Waals surface area contributed by atoms with Crippen molar-refractivity contribution in [2.24, 2.45) is 5.92 Å². The van der Waals surface area contributed by atoms with E-state index >= 15 is 0 Å². The second-order valence-electron chi connectivity index (χ2n) is 5.85. The summed E-state index contributed by atoms with van der Waals surface area (Å²) in [7, 11) is 4.44. The molecule has 0 aromatic heterocycles. The summed E-state index contributed by atoms with van der Waals surface area (Å²) in [4.78, 5) is 4.85. The molecule has 20 heavy (non-hydrogen) atoms. The molecular formula is C16H26BrN3. The smallest absolute Gasteiger partial charge is 0.0420 e. The second-order valence-corrected chi connectivity index (χ2v) is 6.77. The van der Waals surface area contributed by atoms with Crippen LogP contribution in [0.15, 0.2) is 22.7 Å². The van der Waals surface area contributed by atoms with E-state index in [2.05, 4.69) is 70.3 Å². The van der Waals surface area contributed by atoms with Crippen molar-refractivity contribution in [3.8, 4) is 0 Å². The van der Waals surface area contributed by atoms with E-state index in [1.807, 2.05) is 0 Å². The molecule has 1 fully saturated rings. The highest BCUT2D eigenvalue weighted by Gasteiger charge is 2.21. The average molecular weight is 340 g/mol. The van der Waals surface area contributed by atoms with Gasteiger partial charge in [-0.15, -0.1) is 0 Å². The van der Waals surface area contributed by atoms with Crippen molar-refractivity contribution < 1.29 is 0 Å². The third-order valence-electron chi connectivity index (χ3n) is 4.05. The number of rotatable bonds is 6. The molecule has 1 unspecified atom stereocenters. The fourth-order valence-corrected chi connectivity index (χ4v) is 3.31. The quantitative estimate of drug-likeness (QED) is 0.859. The monoisotopic (exact) mass is 339 g/mol. The van der Waals surface area contributed by atoms with Gasteiger partial charge in [0.1, 0.15) is 0 Å². The molecule has 1 aromatic carbocycles. The summed E-state index contributed by atoms with van der Waals surface area (Å²) in [5.41, 5.74) is 2.72. The Bertz CT molecular complexity index is 436. The summed E-state index contributed by atoms with van der Waals surface area (Å²) in [6.45, 7) is 7.69. The molecule has 0 aliphatic carbocycles. The van der Waals surface area contributed by atoms with Crippen LogP contribution in [0.4, 0.5) is 5.69 Å². The van der Waals surface area contributed by atoms with Gasteiger partial charge < -0.3 is 15.1 Å². The first-order valence-corrected chi connectivity index (χ1v) is 8.28. The van der Waals surface area contributed by atoms with Crippen LogP contribution < -0.4 is 10.2 Å². The molecule has 1 aliphatic rings. The first kappa shape index (κ1) is 15.8. The predicted octanol–water partition coefficient (Wildman–Crippen LogP) is 2.95. The molecule has 1 N–H and O–H groups in total. The lowest BCUT2D eigenvalue weighted by molar-refractivity contribution is 0.396. The van der Waals surface area contributed by atoms with Gasteiger partial charge in [-0.25, -0.2) is 0 Å². The summed E-state index contributed by atoms with van der Waals surface area (Å²) in [5.74, 6) is 0.788. The maximum Gasteiger partial charge on any atom is 0.0420 e. The van der Waals surface area contributed by atoms with E-state index in [1.165, 1.54) is 30.8 Å². The van der Waals surface area contributed by atoms with Crippen LogP contribution in [0, 0.1) is 5.92 Å². The fraction of sp³-hybridized carbons (Fsp3) is 0.625. The van der Waals surface area contributed by atoms with Gasteiger partial charge >= 0.3 is 0 Å². The maximum absolute atomic E-state index is 3.60. The maximum atomic E-state index is 3.60. The number of hydrogen-bond donors (Lipinski definition) is 1. The molecule has 112 valence electrons. The molecule has 1 saturated heterocycles. The third-order valence-corrected chi connectivity index (χ3v) is 4.54. The van der Waals surface area contributed by atoms with Crippen LogP contribution in [-0.4, -0.2) is 45.2 Å². The van der Waals surface area contributed by atoms with Crippen molar-refractivity contribution >= 4 is 21.6 Å². The number of benzene rings is 1. The molecule has 0 saturated carbocycles. The van der Waals surface area contributed by atoms with E-state index in [1.54, 1.807) is 0 Å². The van der Waals surface area contributed by atoms with E-state index in [0.29, 0.717) is 0 Å². The van der Waals surface area contributed by atoms with E-state index in [-0.39, 0.29) is 0 Å². The van der Waals surface area contributed by atoms with E-state index in [4.69, 9.17) is 0 Å². The molecule has 0 amide bonds. The lowest BCUT2D eigenvalue weighted by Crippen LogP contribution is -2.28. The van der Waals surface area contributed by atoms with E-state index in [9.17, 15) is 0 Å². The van der Waals surface area contributed by atoms with Crippen molar-refractivity contribution in [1.82, 2.24) is 10.2 Å². The van der Waals surface area contributed by atoms with Crippen LogP contribution in [0.25, 0.3) is 0 Å². The molecule has 0 bridgehead atoms. The molecule has 0 radical (unpaired) electrons. The molecular weight excluding hydrogens is 314 g/mol. The average Bonchev–Trinajstić information content (AvgIpc) is 2.82. The fourth-order valence-electron chi connectivity index (χ4n) is 2.96. The van der Waals surface area contributed by atoms with Gasteiger partial charge in [0.2, 0.25) is 0 Å². The zero-order valence-corrected chi connectivity index (χ0v) is 14.4. The van der Waals surface area contributed by atoms with Crippen LogP contribution in [0.2, 0.25) is 0 Å². The van der Waals surface area contributed by atoms with Crippen LogP contribution >= 0.6 is 15.9 Å². The summed E-state index contributed by atoms with van der Waals surface area (Å²) in [6, 6.07) is 6.60. The minimum absolute atomic E-state index is 0.788. The van der Waals surface area contributed by atoms with Crippen molar-refractivity contribution in [2.75, 3.05) is 45.2 Å². The zero-order chi connectivity index (χ0) is 14.5. The Morgan fingerprint density at radius 2 is 2.25 bits per heavy atom. The summed E-state index contributed by atoms with van der Waals surface area (Å²) < 4.78 is 1.16. The highest BCUT2D eigenvalue weighted by molar-refractivity contribution is 9.10. The van der Waals surface area contributed by atoms with E-state index in [0.717, 1.165) is 30.0 Å². The van der Waals surface area contributed by atoms with Crippen molar-refractivity contribution in [3.05, 3.63) is 28.2 Å². The van der Waals surface area contributed by atoms with Gasteiger partial charge in [-0.3, -0.25) is 0 Å². The number of halogens is 1.